The topological polar surface area (TPSA) is 12.5 Å². The number of rotatable bonds is 3. The van der Waals surface area contributed by atoms with Crippen molar-refractivity contribution in [3.05, 3.63) is 33.8 Å². The second kappa shape index (κ2) is 6.26. The van der Waals surface area contributed by atoms with E-state index in [0.29, 0.717) is 10.0 Å². The average Bonchev–Trinajstić information content (AvgIpc) is 2.34. The molecule has 0 N–H and O–H groups in total. The Bertz CT molecular complexity index is 380. The van der Waals surface area contributed by atoms with Crippen LogP contribution in [-0.4, -0.2) is 37.7 Å². The maximum atomic E-state index is 6.38. The fourth-order valence-corrected chi connectivity index (χ4v) is 2.46. The van der Waals surface area contributed by atoms with Crippen LogP contribution in [-0.2, 0) is 4.74 Å². The summed E-state index contributed by atoms with van der Waals surface area (Å²) in [5, 5.41) is 1.05. The first kappa shape index (κ1) is 13.4. The molecular formula is C12H14Cl3NO. The highest BCUT2D eigenvalue weighted by molar-refractivity contribution is 6.42. The number of hydrogen-bond acceptors (Lipinski definition) is 2. The van der Waals surface area contributed by atoms with Crippen LogP contribution >= 0.6 is 34.8 Å². The minimum absolute atomic E-state index is 0.0668. The molecule has 1 aromatic carbocycles. The predicted octanol–water partition coefficient (Wildman–Crippen LogP) is 3.61. The molecule has 0 spiro atoms. The molecule has 1 aromatic rings. The van der Waals surface area contributed by atoms with Crippen LogP contribution in [0, 0.1) is 0 Å². The predicted molar refractivity (Wildman–Crippen MR) is 72.3 cm³/mol. The van der Waals surface area contributed by atoms with Crippen molar-refractivity contribution in [3.63, 3.8) is 0 Å². The van der Waals surface area contributed by atoms with Crippen molar-refractivity contribution >= 4 is 34.8 Å². The monoisotopic (exact) mass is 293 g/mol. The lowest BCUT2D eigenvalue weighted by atomic mass is 10.1. The van der Waals surface area contributed by atoms with Crippen molar-refractivity contribution in [2.45, 2.75) is 5.38 Å². The summed E-state index contributed by atoms with van der Waals surface area (Å²) in [5.74, 6) is 0. The van der Waals surface area contributed by atoms with Crippen molar-refractivity contribution in [1.82, 2.24) is 4.90 Å². The normalized spacial score (nSPS) is 19.2. The Balaban J connectivity index is 1.98. The van der Waals surface area contributed by atoms with Crippen molar-refractivity contribution in [1.29, 1.82) is 0 Å². The van der Waals surface area contributed by atoms with Crippen LogP contribution in [0.2, 0.25) is 10.0 Å². The lowest BCUT2D eigenvalue weighted by molar-refractivity contribution is 0.0379. The highest BCUT2D eigenvalue weighted by atomic mass is 35.5. The van der Waals surface area contributed by atoms with Gasteiger partial charge in [0, 0.05) is 19.6 Å². The van der Waals surface area contributed by atoms with Gasteiger partial charge in [0.15, 0.2) is 0 Å². The smallest absolute Gasteiger partial charge is 0.0712 e. The first-order chi connectivity index (χ1) is 8.16. The molecule has 1 atom stereocenters. The van der Waals surface area contributed by atoms with E-state index in [9.17, 15) is 0 Å². The molecule has 2 nitrogen and oxygen atoms in total. The third-order valence-electron chi connectivity index (χ3n) is 2.83. The molecule has 0 radical (unpaired) electrons. The molecule has 5 heteroatoms. The van der Waals surface area contributed by atoms with Gasteiger partial charge < -0.3 is 4.74 Å². The molecule has 0 bridgehead atoms. The standard InChI is InChI=1S/C12H14Cl3NO/c13-10-2-1-9(7-11(10)14)12(15)8-16-3-5-17-6-4-16/h1-2,7,12H,3-6,8H2. The molecule has 0 aliphatic carbocycles. The molecule has 1 aliphatic rings. The number of ether oxygens (including phenoxy) is 1. The Kier molecular flexibility index (Phi) is 4.95. The molecule has 0 saturated carbocycles. The first-order valence-corrected chi connectivity index (χ1v) is 6.75. The van der Waals surface area contributed by atoms with E-state index in [4.69, 9.17) is 39.5 Å². The van der Waals surface area contributed by atoms with Gasteiger partial charge in [-0.3, -0.25) is 4.90 Å². The SMILES string of the molecule is Clc1ccc(C(Cl)CN2CCOCC2)cc1Cl. The Morgan fingerprint density at radius 1 is 1.18 bits per heavy atom. The fourth-order valence-electron chi connectivity index (χ4n) is 1.82. The van der Waals surface area contributed by atoms with Crippen LogP contribution in [0.4, 0.5) is 0 Å². The maximum absolute atomic E-state index is 6.38. The Morgan fingerprint density at radius 3 is 2.53 bits per heavy atom. The number of nitrogens with zero attached hydrogens (tertiary/aromatic N) is 1. The van der Waals surface area contributed by atoms with E-state index in [0.717, 1.165) is 38.4 Å². The zero-order valence-corrected chi connectivity index (χ0v) is 11.6. The summed E-state index contributed by atoms with van der Waals surface area (Å²) in [7, 11) is 0. The van der Waals surface area contributed by atoms with Gasteiger partial charge in [0.1, 0.15) is 0 Å². The van der Waals surface area contributed by atoms with Gasteiger partial charge in [-0.2, -0.15) is 0 Å². The molecule has 0 amide bonds. The molecule has 1 unspecified atom stereocenters. The number of morpholine rings is 1. The van der Waals surface area contributed by atoms with Gasteiger partial charge >= 0.3 is 0 Å². The second-order valence-corrected chi connectivity index (χ2v) is 5.40. The van der Waals surface area contributed by atoms with E-state index in [1.807, 2.05) is 12.1 Å². The average molecular weight is 295 g/mol. The minimum atomic E-state index is -0.0668. The number of alkyl halides is 1. The molecule has 1 aliphatic heterocycles. The number of benzene rings is 1. The van der Waals surface area contributed by atoms with Crippen molar-refractivity contribution in [2.24, 2.45) is 0 Å². The minimum Gasteiger partial charge on any atom is -0.379 e. The summed E-state index contributed by atoms with van der Waals surface area (Å²) in [6.45, 7) is 4.24. The van der Waals surface area contributed by atoms with Gasteiger partial charge in [0.05, 0.1) is 28.6 Å². The van der Waals surface area contributed by atoms with E-state index >= 15 is 0 Å². The summed E-state index contributed by atoms with van der Waals surface area (Å²) in [4.78, 5) is 2.30. The number of hydrogen-bond donors (Lipinski definition) is 0. The van der Waals surface area contributed by atoms with E-state index in [1.165, 1.54) is 0 Å². The van der Waals surface area contributed by atoms with E-state index < -0.39 is 0 Å². The third kappa shape index (κ3) is 3.73. The summed E-state index contributed by atoms with van der Waals surface area (Å²) >= 11 is 18.2. The number of halogens is 3. The Morgan fingerprint density at radius 2 is 1.88 bits per heavy atom. The summed E-state index contributed by atoms with van der Waals surface area (Å²) in [6.07, 6.45) is 0. The Labute approximate surface area is 116 Å². The van der Waals surface area contributed by atoms with Crippen LogP contribution in [0.25, 0.3) is 0 Å². The van der Waals surface area contributed by atoms with Gasteiger partial charge in [-0.05, 0) is 17.7 Å². The third-order valence-corrected chi connectivity index (χ3v) is 3.96. The quantitative estimate of drug-likeness (QED) is 0.790. The fraction of sp³-hybridized carbons (Fsp3) is 0.500. The molecular weight excluding hydrogens is 280 g/mol. The van der Waals surface area contributed by atoms with Crippen molar-refractivity contribution < 1.29 is 4.74 Å². The van der Waals surface area contributed by atoms with E-state index in [-0.39, 0.29) is 5.38 Å². The van der Waals surface area contributed by atoms with Crippen LogP contribution in [0.1, 0.15) is 10.9 Å². The summed E-state index contributed by atoms with van der Waals surface area (Å²) in [6, 6.07) is 5.54. The van der Waals surface area contributed by atoms with Gasteiger partial charge in [0.2, 0.25) is 0 Å². The van der Waals surface area contributed by atoms with Crippen LogP contribution in [0.5, 0.6) is 0 Å². The summed E-state index contributed by atoms with van der Waals surface area (Å²) in [5.41, 5.74) is 1.01. The van der Waals surface area contributed by atoms with Crippen molar-refractivity contribution in [2.75, 3.05) is 32.8 Å². The molecule has 94 valence electrons. The first-order valence-electron chi connectivity index (χ1n) is 5.56. The van der Waals surface area contributed by atoms with E-state index in [1.54, 1.807) is 6.07 Å². The van der Waals surface area contributed by atoms with E-state index in [2.05, 4.69) is 4.90 Å². The van der Waals surface area contributed by atoms with Crippen LogP contribution in [0.3, 0.4) is 0 Å². The zero-order chi connectivity index (χ0) is 12.3. The van der Waals surface area contributed by atoms with Crippen LogP contribution in [0.15, 0.2) is 18.2 Å². The summed E-state index contributed by atoms with van der Waals surface area (Å²) < 4.78 is 5.30. The van der Waals surface area contributed by atoms with Gasteiger partial charge in [-0.25, -0.2) is 0 Å². The zero-order valence-electron chi connectivity index (χ0n) is 9.33. The molecule has 1 fully saturated rings. The maximum Gasteiger partial charge on any atom is 0.0712 e. The molecule has 17 heavy (non-hydrogen) atoms. The highest BCUT2D eigenvalue weighted by Gasteiger charge is 2.16. The molecule has 1 heterocycles. The van der Waals surface area contributed by atoms with Gasteiger partial charge in [-0.1, -0.05) is 29.3 Å². The second-order valence-electron chi connectivity index (χ2n) is 4.05. The molecule has 0 aromatic heterocycles. The molecule has 2 rings (SSSR count). The van der Waals surface area contributed by atoms with Gasteiger partial charge in [-0.15, -0.1) is 11.6 Å². The molecule has 1 saturated heterocycles. The lowest BCUT2D eigenvalue weighted by Crippen LogP contribution is -2.38. The highest BCUT2D eigenvalue weighted by Crippen LogP contribution is 2.29. The lowest BCUT2D eigenvalue weighted by Gasteiger charge is -2.28. The van der Waals surface area contributed by atoms with Gasteiger partial charge in [0.25, 0.3) is 0 Å². The van der Waals surface area contributed by atoms with Crippen LogP contribution < -0.4 is 0 Å². The Hall–Kier alpha value is 0.01000. The largest absolute Gasteiger partial charge is 0.379 e. The van der Waals surface area contributed by atoms with Crippen molar-refractivity contribution in [3.8, 4) is 0 Å².